The minimum absolute atomic E-state index is 0.695. The highest BCUT2D eigenvalue weighted by molar-refractivity contribution is 7.11. The molecule has 140 valence electrons. The first-order valence-electron chi connectivity index (χ1n) is 9.08. The zero-order chi connectivity index (χ0) is 18.2. The van der Waals surface area contributed by atoms with Gasteiger partial charge < -0.3 is 20.3 Å². The van der Waals surface area contributed by atoms with Crippen molar-refractivity contribution >= 4 is 23.0 Å². The summed E-state index contributed by atoms with van der Waals surface area (Å²) in [5.74, 6) is 0.788. The van der Waals surface area contributed by atoms with Crippen LogP contribution >= 0.6 is 11.3 Å². The van der Waals surface area contributed by atoms with Crippen molar-refractivity contribution in [3.8, 4) is 0 Å². The van der Waals surface area contributed by atoms with Crippen LogP contribution in [0.25, 0.3) is 0 Å². The molecule has 2 N–H and O–H groups in total. The van der Waals surface area contributed by atoms with Crippen LogP contribution in [0.1, 0.15) is 22.4 Å². The number of aryl methyl sites for hydroxylation is 1. The first kappa shape index (κ1) is 18.7. The van der Waals surface area contributed by atoms with E-state index in [0.717, 1.165) is 50.2 Å². The molecule has 2 aromatic rings. The SMILES string of the molecule is CCc1cnc(CNC(=NC)NCc2ccc(N3CCOCC3)cc2)s1. The molecule has 7 heteroatoms. The molecule has 3 rings (SSSR count). The van der Waals surface area contributed by atoms with Gasteiger partial charge in [0, 0.05) is 43.4 Å². The summed E-state index contributed by atoms with van der Waals surface area (Å²) < 4.78 is 5.41. The standard InChI is InChI=1S/C19H27N5OS/c1-3-17-13-21-18(26-17)14-23-19(20-2)22-12-15-4-6-16(7-5-15)24-8-10-25-11-9-24/h4-7,13H,3,8-12,14H2,1-2H3,(H2,20,22,23). The zero-order valence-electron chi connectivity index (χ0n) is 15.5. The molecule has 1 saturated heterocycles. The van der Waals surface area contributed by atoms with E-state index in [1.807, 2.05) is 6.20 Å². The fourth-order valence-electron chi connectivity index (χ4n) is 2.81. The number of anilines is 1. The van der Waals surface area contributed by atoms with Gasteiger partial charge in [-0.1, -0.05) is 19.1 Å². The molecule has 1 aromatic heterocycles. The van der Waals surface area contributed by atoms with Crippen LogP contribution in [-0.2, 0) is 24.2 Å². The number of guanidine groups is 1. The van der Waals surface area contributed by atoms with Gasteiger partial charge in [-0.05, 0) is 24.1 Å². The smallest absolute Gasteiger partial charge is 0.191 e. The molecule has 0 atom stereocenters. The van der Waals surface area contributed by atoms with E-state index in [9.17, 15) is 0 Å². The minimum atomic E-state index is 0.695. The lowest BCUT2D eigenvalue weighted by molar-refractivity contribution is 0.122. The topological polar surface area (TPSA) is 61.8 Å². The van der Waals surface area contributed by atoms with Gasteiger partial charge in [-0.25, -0.2) is 4.98 Å². The molecular formula is C19H27N5OS. The molecule has 1 aliphatic rings. The number of morpholine rings is 1. The molecule has 1 fully saturated rings. The van der Waals surface area contributed by atoms with E-state index in [1.54, 1.807) is 18.4 Å². The molecule has 0 spiro atoms. The molecule has 2 heterocycles. The Balaban J connectivity index is 1.47. The Hall–Kier alpha value is -2.12. The van der Waals surface area contributed by atoms with E-state index in [0.29, 0.717) is 6.54 Å². The van der Waals surface area contributed by atoms with Crippen LogP contribution < -0.4 is 15.5 Å². The average Bonchev–Trinajstić information content (AvgIpc) is 3.17. The summed E-state index contributed by atoms with van der Waals surface area (Å²) in [7, 11) is 1.79. The Morgan fingerprint density at radius 1 is 1.19 bits per heavy atom. The van der Waals surface area contributed by atoms with Crippen molar-refractivity contribution < 1.29 is 4.74 Å². The lowest BCUT2D eigenvalue weighted by Gasteiger charge is -2.28. The second kappa shape index (κ2) is 9.54. The average molecular weight is 374 g/mol. The maximum absolute atomic E-state index is 5.41. The predicted molar refractivity (Wildman–Crippen MR) is 108 cm³/mol. The first-order chi connectivity index (χ1) is 12.8. The second-order valence-electron chi connectivity index (χ2n) is 6.12. The van der Waals surface area contributed by atoms with Crippen molar-refractivity contribution in [3.63, 3.8) is 0 Å². The first-order valence-corrected chi connectivity index (χ1v) is 9.90. The Kier molecular flexibility index (Phi) is 6.85. The van der Waals surface area contributed by atoms with E-state index < -0.39 is 0 Å². The van der Waals surface area contributed by atoms with Crippen molar-refractivity contribution in [1.29, 1.82) is 0 Å². The van der Waals surface area contributed by atoms with Crippen molar-refractivity contribution in [2.24, 2.45) is 4.99 Å². The van der Waals surface area contributed by atoms with Gasteiger partial charge in [0.15, 0.2) is 5.96 Å². The van der Waals surface area contributed by atoms with Gasteiger partial charge in [0.2, 0.25) is 0 Å². The molecule has 0 bridgehead atoms. The molecule has 1 aliphatic heterocycles. The normalized spacial score (nSPS) is 15.2. The van der Waals surface area contributed by atoms with Crippen LogP contribution in [0.5, 0.6) is 0 Å². The zero-order valence-corrected chi connectivity index (χ0v) is 16.3. The lowest BCUT2D eigenvalue weighted by Crippen LogP contribution is -2.36. The van der Waals surface area contributed by atoms with Gasteiger partial charge in [0.05, 0.1) is 19.8 Å². The van der Waals surface area contributed by atoms with Crippen LogP contribution in [0.2, 0.25) is 0 Å². The minimum Gasteiger partial charge on any atom is -0.378 e. The number of ether oxygens (including phenoxy) is 1. The number of aliphatic imine (C=N–C) groups is 1. The Bertz CT molecular complexity index is 707. The quantitative estimate of drug-likeness (QED) is 0.601. The highest BCUT2D eigenvalue weighted by Gasteiger charge is 2.10. The molecule has 1 aromatic carbocycles. The van der Waals surface area contributed by atoms with E-state index in [-0.39, 0.29) is 0 Å². The summed E-state index contributed by atoms with van der Waals surface area (Å²) in [5, 5.41) is 7.76. The number of hydrogen-bond donors (Lipinski definition) is 2. The third-order valence-electron chi connectivity index (χ3n) is 4.35. The second-order valence-corrected chi connectivity index (χ2v) is 7.32. The summed E-state index contributed by atoms with van der Waals surface area (Å²) in [4.78, 5) is 12.4. The monoisotopic (exact) mass is 373 g/mol. The van der Waals surface area contributed by atoms with Gasteiger partial charge in [-0.3, -0.25) is 4.99 Å². The molecule has 0 saturated carbocycles. The van der Waals surface area contributed by atoms with Crippen LogP contribution in [0.4, 0.5) is 5.69 Å². The highest BCUT2D eigenvalue weighted by Crippen LogP contribution is 2.16. The number of nitrogens with zero attached hydrogens (tertiary/aromatic N) is 3. The summed E-state index contributed by atoms with van der Waals surface area (Å²) in [5.41, 5.74) is 2.49. The fraction of sp³-hybridized carbons (Fsp3) is 0.474. The van der Waals surface area contributed by atoms with Gasteiger partial charge in [-0.2, -0.15) is 0 Å². The van der Waals surface area contributed by atoms with E-state index in [4.69, 9.17) is 4.74 Å². The number of thiazole rings is 1. The maximum Gasteiger partial charge on any atom is 0.191 e. The van der Waals surface area contributed by atoms with Crippen LogP contribution in [0.3, 0.4) is 0 Å². The predicted octanol–water partition coefficient (Wildman–Crippen LogP) is 2.41. The Morgan fingerprint density at radius 3 is 2.58 bits per heavy atom. The molecule has 0 aliphatic carbocycles. The molecule has 6 nitrogen and oxygen atoms in total. The molecule has 0 amide bonds. The van der Waals surface area contributed by atoms with Crippen molar-refractivity contribution in [2.75, 3.05) is 38.3 Å². The molecule has 0 radical (unpaired) electrons. The van der Waals surface area contributed by atoms with Gasteiger partial charge in [0.1, 0.15) is 5.01 Å². The summed E-state index contributed by atoms with van der Waals surface area (Å²) in [6.45, 7) is 7.13. The van der Waals surface area contributed by atoms with Crippen LogP contribution in [-0.4, -0.2) is 44.3 Å². The van der Waals surface area contributed by atoms with E-state index in [2.05, 4.69) is 56.7 Å². The lowest BCUT2D eigenvalue weighted by atomic mass is 10.2. The third kappa shape index (κ3) is 5.19. The van der Waals surface area contributed by atoms with Crippen LogP contribution in [0, 0.1) is 0 Å². The van der Waals surface area contributed by atoms with Crippen molar-refractivity contribution in [2.45, 2.75) is 26.4 Å². The van der Waals surface area contributed by atoms with E-state index >= 15 is 0 Å². The van der Waals surface area contributed by atoms with Gasteiger partial charge in [0.25, 0.3) is 0 Å². The van der Waals surface area contributed by atoms with Crippen LogP contribution in [0.15, 0.2) is 35.5 Å². The van der Waals surface area contributed by atoms with Gasteiger partial charge in [-0.15, -0.1) is 11.3 Å². The Morgan fingerprint density at radius 2 is 1.92 bits per heavy atom. The number of nitrogens with one attached hydrogen (secondary N) is 2. The summed E-state index contributed by atoms with van der Waals surface area (Å²) in [6, 6.07) is 8.69. The maximum atomic E-state index is 5.41. The number of rotatable bonds is 6. The number of benzene rings is 1. The van der Waals surface area contributed by atoms with E-state index in [1.165, 1.54) is 16.1 Å². The third-order valence-corrected chi connectivity index (χ3v) is 5.49. The molecule has 0 unspecified atom stereocenters. The van der Waals surface area contributed by atoms with Crippen molar-refractivity contribution in [3.05, 3.63) is 45.9 Å². The summed E-state index contributed by atoms with van der Waals surface area (Å²) in [6.07, 6.45) is 2.99. The number of hydrogen-bond acceptors (Lipinski definition) is 5. The summed E-state index contributed by atoms with van der Waals surface area (Å²) >= 11 is 1.74. The molecular weight excluding hydrogens is 346 g/mol. The molecule has 26 heavy (non-hydrogen) atoms. The van der Waals surface area contributed by atoms with Gasteiger partial charge >= 0.3 is 0 Å². The fourth-order valence-corrected chi connectivity index (χ4v) is 3.61. The Labute approximate surface area is 159 Å². The number of aromatic nitrogens is 1. The highest BCUT2D eigenvalue weighted by atomic mass is 32.1. The van der Waals surface area contributed by atoms with Crippen molar-refractivity contribution in [1.82, 2.24) is 15.6 Å². The largest absolute Gasteiger partial charge is 0.378 e.